The molecule has 5 rings (SSSR count). The average Bonchev–Trinajstić information content (AvgIpc) is 3.05. The summed E-state index contributed by atoms with van der Waals surface area (Å²) in [7, 11) is -3.64. The predicted molar refractivity (Wildman–Crippen MR) is 101 cm³/mol. The van der Waals surface area contributed by atoms with E-state index in [2.05, 4.69) is 0 Å². The molecule has 1 aliphatic rings. The number of hydrogen-bond donors (Lipinski definition) is 0. The zero-order valence-corrected chi connectivity index (χ0v) is 15.0. The SMILES string of the molecule is CCc1nc2ccc(-c3ccccc3)c3c2n1-c1ccccc1S3(=O)=O. The minimum Gasteiger partial charge on any atom is -0.294 e. The Morgan fingerprint density at radius 1 is 0.923 bits per heavy atom. The van der Waals surface area contributed by atoms with E-state index in [9.17, 15) is 8.42 Å². The van der Waals surface area contributed by atoms with Crippen LogP contribution in [0.25, 0.3) is 27.8 Å². The third kappa shape index (κ3) is 1.89. The number of sulfone groups is 1. The summed E-state index contributed by atoms with van der Waals surface area (Å²) in [5, 5.41) is 0. The summed E-state index contributed by atoms with van der Waals surface area (Å²) >= 11 is 0. The Labute approximate surface area is 151 Å². The molecule has 1 aromatic heterocycles. The van der Waals surface area contributed by atoms with Gasteiger partial charge in [0.25, 0.3) is 0 Å². The first-order chi connectivity index (χ1) is 12.6. The Morgan fingerprint density at radius 2 is 1.65 bits per heavy atom. The van der Waals surface area contributed by atoms with E-state index in [4.69, 9.17) is 4.98 Å². The van der Waals surface area contributed by atoms with Crippen molar-refractivity contribution in [2.75, 3.05) is 0 Å². The molecule has 5 heteroatoms. The summed E-state index contributed by atoms with van der Waals surface area (Å²) in [4.78, 5) is 5.39. The van der Waals surface area contributed by atoms with Gasteiger partial charge in [-0.3, -0.25) is 4.57 Å². The maximum absolute atomic E-state index is 13.5. The van der Waals surface area contributed by atoms with Crippen LogP contribution in [0.1, 0.15) is 12.7 Å². The van der Waals surface area contributed by atoms with Gasteiger partial charge in [0.1, 0.15) is 10.7 Å². The van der Waals surface area contributed by atoms with Gasteiger partial charge in [0, 0.05) is 12.0 Å². The summed E-state index contributed by atoms with van der Waals surface area (Å²) in [5.74, 6) is 0.869. The highest BCUT2D eigenvalue weighted by Gasteiger charge is 2.35. The van der Waals surface area contributed by atoms with E-state index in [-0.39, 0.29) is 0 Å². The van der Waals surface area contributed by atoms with Crippen molar-refractivity contribution < 1.29 is 8.42 Å². The number of aromatic nitrogens is 2. The first-order valence-electron chi connectivity index (χ1n) is 8.57. The maximum Gasteiger partial charge on any atom is 0.211 e. The molecule has 0 saturated heterocycles. The van der Waals surface area contributed by atoms with Gasteiger partial charge in [-0.1, -0.05) is 55.5 Å². The summed E-state index contributed by atoms with van der Waals surface area (Å²) in [6.07, 6.45) is 0.725. The molecular weight excluding hydrogens is 344 g/mol. The number of imidazole rings is 1. The molecule has 0 radical (unpaired) electrons. The zero-order valence-electron chi connectivity index (χ0n) is 14.2. The summed E-state index contributed by atoms with van der Waals surface area (Å²) in [6.45, 7) is 2.04. The van der Waals surface area contributed by atoms with Crippen LogP contribution in [0.5, 0.6) is 0 Å². The van der Waals surface area contributed by atoms with Crippen molar-refractivity contribution in [3.8, 4) is 16.8 Å². The topological polar surface area (TPSA) is 52.0 Å². The molecule has 0 fully saturated rings. The lowest BCUT2D eigenvalue weighted by Gasteiger charge is -2.22. The molecular formula is C21H16N2O2S. The smallest absolute Gasteiger partial charge is 0.211 e. The van der Waals surface area contributed by atoms with E-state index in [1.165, 1.54) is 0 Å². The van der Waals surface area contributed by atoms with Crippen molar-refractivity contribution in [3.63, 3.8) is 0 Å². The molecule has 0 unspecified atom stereocenters. The molecule has 3 aromatic carbocycles. The highest BCUT2D eigenvalue weighted by molar-refractivity contribution is 7.92. The van der Waals surface area contributed by atoms with Gasteiger partial charge in [-0.2, -0.15) is 0 Å². The number of para-hydroxylation sites is 1. The first kappa shape index (κ1) is 15.3. The number of rotatable bonds is 2. The highest BCUT2D eigenvalue weighted by Crippen LogP contribution is 2.43. The average molecular weight is 360 g/mol. The van der Waals surface area contributed by atoms with Crippen LogP contribution < -0.4 is 0 Å². The Morgan fingerprint density at radius 3 is 2.42 bits per heavy atom. The van der Waals surface area contributed by atoms with Crippen LogP contribution in [0.2, 0.25) is 0 Å². The second kappa shape index (κ2) is 5.29. The van der Waals surface area contributed by atoms with Crippen molar-refractivity contribution in [3.05, 3.63) is 72.6 Å². The number of hydrogen-bond acceptors (Lipinski definition) is 3. The van der Waals surface area contributed by atoms with E-state index in [0.29, 0.717) is 21.0 Å². The van der Waals surface area contributed by atoms with Crippen LogP contribution in [0.15, 0.2) is 76.5 Å². The lowest BCUT2D eigenvalue weighted by Crippen LogP contribution is -2.16. The lowest BCUT2D eigenvalue weighted by molar-refractivity contribution is 0.594. The van der Waals surface area contributed by atoms with E-state index in [1.807, 2.05) is 66.1 Å². The highest BCUT2D eigenvalue weighted by atomic mass is 32.2. The Bertz CT molecular complexity index is 1270. The fourth-order valence-electron chi connectivity index (χ4n) is 3.78. The quantitative estimate of drug-likeness (QED) is 0.469. The number of benzene rings is 3. The van der Waals surface area contributed by atoms with Crippen molar-refractivity contribution >= 4 is 20.9 Å². The van der Waals surface area contributed by atoms with Crippen LogP contribution >= 0.6 is 0 Å². The molecule has 4 nitrogen and oxygen atoms in total. The van der Waals surface area contributed by atoms with Gasteiger partial charge in [-0.05, 0) is 23.8 Å². The van der Waals surface area contributed by atoms with Crippen molar-refractivity contribution in [2.24, 2.45) is 0 Å². The Hall–Kier alpha value is -2.92. The van der Waals surface area contributed by atoms with Gasteiger partial charge in [-0.15, -0.1) is 0 Å². The monoisotopic (exact) mass is 360 g/mol. The normalized spacial score (nSPS) is 14.3. The number of aryl methyl sites for hydroxylation is 1. The lowest BCUT2D eigenvalue weighted by atomic mass is 10.0. The fourth-order valence-corrected chi connectivity index (χ4v) is 5.62. The largest absolute Gasteiger partial charge is 0.294 e. The maximum atomic E-state index is 13.5. The van der Waals surface area contributed by atoms with Crippen LogP contribution in [-0.4, -0.2) is 18.0 Å². The van der Waals surface area contributed by atoms with E-state index in [1.54, 1.807) is 12.1 Å². The third-order valence-corrected chi connectivity index (χ3v) is 6.78. The Balaban J connectivity index is 2.03. The standard InChI is InChI=1S/C21H16N2O2S/c1-2-19-22-16-13-12-15(14-8-4-3-5-9-14)21-20(16)23(19)17-10-6-7-11-18(17)26(21,24)25/h3-13H,2H2,1H3. The molecule has 0 bridgehead atoms. The second-order valence-corrected chi connectivity index (χ2v) is 8.22. The van der Waals surface area contributed by atoms with Crippen LogP contribution in [0.3, 0.4) is 0 Å². The molecule has 0 atom stereocenters. The van der Waals surface area contributed by atoms with Gasteiger partial charge in [0.15, 0.2) is 0 Å². The van der Waals surface area contributed by atoms with Crippen LogP contribution in [-0.2, 0) is 16.3 Å². The zero-order chi connectivity index (χ0) is 17.9. The summed E-state index contributed by atoms with van der Waals surface area (Å²) in [6, 6.07) is 20.6. The minimum absolute atomic E-state index is 0.338. The van der Waals surface area contributed by atoms with Gasteiger partial charge >= 0.3 is 0 Å². The van der Waals surface area contributed by atoms with E-state index >= 15 is 0 Å². The molecule has 26 heavy (non-hydrogen) atoms. The van der Waals surface area contributed by atoms with Crippen molar-refractivity contribution in [2.45, 2.75) is 23.1 Å². The van der Waals surface area contributed by atoms with Gasteiger partial charge in [0.05, 0.1) is 21.6 Å². The molecule has 0 amide bonds. The predicted octanol–water partition coefficient (Wildman–Crippen LogP) is 4.40. The first-order valence-corrected chi connectivity index (χ1v) is 10.1. The fraction of sp³-hybridized carbons (Fsp3) is 0.0952. The van der Waals surface area contributed by atoms with Crippen molar-refractivity contribution in [1.82, 2.24) is 9.55 Å². The summed E-state index contributed by atoms with van der Waals surface area (Å²) < 4.78 is 29.1. The molecule has 0 aliphatic carbocycles. The third-order valence-electron chi connectivity index (χ3n) is 4.91. The molecule has 0 saturated carbocycles. The van der Waals surface area contributed by atoms with Gasteiger partial charge in [0.2, 0.25) is 9.84 Å². The van der Waals surface area contributed by atoms with Crippen LogP contribution in [0, 0.1) is 0 Å². The molecule has 1 aliphatic heterocycles. The number of nitrogens with zero attached hydrogens (tertiary/aromatic N) is 2. The minimum atomic E-state index is -3.64. The molecule has 4 aromatic rings. The van der Waals surface area contributed by atoms with Gasteiger partial charge < -0.3 is 0 Å². The van der Waals surface area contributed by atoms with Gasteiger partial charge in [-0.25, -0.2) is 13.4 Å². The molecule has 2 heterocycles. The van der Waals surface area contributed by atoms with Crippen molar-refractivity contribution in [1.29, 1.82) is 0 Å². The van der Waals surface area contributed by atoms with E-state index in [0.717, 1.165) is 28.9 Å². The molecule has 128 valence electrons. The molecule has 0 N–H and O–H groups in total. The summed E-state index contributed by atoms with van der Waals surface area (Å²) in [5.41, 5.74) is 3.69. The van der Waals surface area contributed by atoms with E-state index < -0.39 is 9.84 Å². The Kier molecular flexibility index (Phi) is 3.12. The second-order valence-electron chi connectivity index (χ2n) is 6.36. The van der Waals surface area contributed by atoms with Crippen LogP contribution in [0.4, 0.5) is 0 Å². The number of fused-ring (bicyclic) bond motifs is 2. The molecule has 0 spiro atoms.